The minimum absolute atomic E-state index is 0.137. The standard InChI is InChI=1S/C17H18F2N6O3/c18-15(19)28-12-7-24(8-17(12)1-2-17)11-5-10(23-25-4-3-20-13(11)25)9-6-21-16(27)22-14(9)26/h3-5,9,12,15H,1-2,6-8H2,(H2,21,22,26,27). The molecule has 2 aromatic rings. The molecule has 148 valence electrons. The smallest absolute Gasteiger partial charge is 0.345 e. The van der Waals surface area contributed by atoms with Crippen LogP contribution < -0.4 is 15.5 Å². The van der Waals surface area contributed by atoms with Gasteiger partial charge in [-0.1, -0.05) is 0 Å². The number of carbonyl (C=O) groups excluding carboxylic acids is 2. The maximum atomic E-state index is 12.8. The largest absolute Gasteiger partial charge is 0.365 e. The van der Waals surface area contributed by atoms with Gasteiger partial charge in [0.25, 0.3) is 0 Å². The number of alkyl halides is 2. The predicted molar refractivity (Wildman–Crippen MR) is 92.0 cm³/mol. The maximum absolute atomic E-state index is 12.8. The number of imidazole rings is 1. The van der Waals surface area contributed by atoms with E-state index < -0.39 is 30.6 Å². The number of urea groups is 1. The molecule has 4 heterocycles. The Kier molecular flexibility index (Phi) is 3.76. The number of hydrogen-bond acceptors (Lipinski definition) is 6. The van der Waals surface area contributed by atoms with Crippen LogP contribution in [-0.4, -0.2) is 58.9 Å². The van der Waals surface area contributed by atoms with Gasteiger partial charge in [0.1, 0.15) is 0 Å². The van der Waals surface area contributed by atoms with Crippen LogP contribution in [0.15, 0.2) is 18.5 Å². The molecule has 28 heavy (non-hydrogen) atoms. The SMILES string of the molecule is O=C1NCC(c2cc(N3CC(OC(F)F)C4(CC4)C3)c3nccn3n2)C(=O)N1. The van der Waals surface area contributed by atoms with Gasteiger partial charge in [0.2, 0.25) is 5.91 Å². The number of fused-ring (bicyclic) bond motifs is 1. The van der Waals surface area contributed by atoms with Crippen LogP contribution in [0.2, 0.25) is 0 Å². The summed E-state index contributed by atoms with van der Waals surface area (Å²) in [6, 6.07) is 1.22. The highest BCUT2D eigenvalue weighted by Gasteiger charge is 2.57. The van der Waals surface area contributed by atoms with E-state index >= 15 is 0 Å². The third kappa shape index (κ3) is 2.77. The number of rotatable bonds is 4. The van der Waals surface area contributed by atoms with Crippen LogP contribution in [0.4, 0.5) is 19.3 Å². The van der Waals surface area contributed by atoms with Gasteiger partial charge in [0.15, 0.2) is 5.65 Å². The van der Waals surface area contributed by atoms with E-state index in [1.165, 1.54) is 0 Å². The molecule has 3 amide bonds. The quantitative estimate of drug-likeness (QED) is 0.801. The summed E-state index contributed by atoms with van der Waals surface area (Å²) in [5.74, 6) is -1.07. The third-order valence-corrected chi connectivity index (χ3v) is 5.81. The van der Waals surface area contributed by atoms with Crippen molar-refractivity contribution in [2.75, 3.05) is 24.5 Å². The summed E-state index contributed by atoms with van der Waals surface area (Å²) in [6.07, 6.45) is 4.41. The van der Waals surface area contributed by atoms with Crippen molar-refractivity contribution in [3.8, 4) is 0 Å². The highest BCUT2D eigenvalue weighted by molar-refractivity contribution is 6.00. The molecule has 3 aliphatic rings. The number of imide groups is 1. The number of anilines is 1. The molecule has 11 heteroatoms. The Morgan fingerprint density at radius 3 is 2.86 bits per heavy atom. The zero-order chi connectivity index (χ0) is 19.5. The average molecular weight is 392 g/mol. The molecule has 9 nitrogen and oxygen atoms in total. The minimum atomic E-state index is -2.81. The maximum Gasteiger partial charge on any atom is 0.345 e. The second-order valence-electron chi connectivity index (χ2n) is 7.53. The zero-order valence-corrected chi connectivity index (χ0v) is 14.8. The monoisotopic (exact) mass is 392 g/mol. The van der Waals surface area contributed by atoms with Crippen molar-refractivity contribution < 1.29 is 23.1 Å². The van der Waals surface area contributed by atoms with Crippen LogP contribution in [0.5, 0.6) is 0 Å². The van der Waals surface area contributed by atoms with Crippen molar-refractivity contribution in [3.63, 3.8) is 0 Å². The van der Waals surface area contributed by atoms with Gasteiger partial charge < -0.3 is 15.0 Å². The summed E-state index contributed by atoms with van der Waals surface area (Å²) < 4.78 is 32.1. The van der Waals surface area contributed by atoms with E-state index in [0.29, 0.717) is 30.1 Å². The molecular weight excluding hydrogens is 374 g/mol. The Hall–Kier alpha value is -2.82. The van der Waals surface area contributed by atoms with Crippen LogP contribution in [0.1, 0.15) is 24.5 Å². The molecule has 2 aliphatic heterocycles. The van der Waals surface area contributed by atoms with Crippen molar-refractivity contribution in [1.29, 1.82) is 0 Å². The van der Waals surface area contributed by atoms with Crippen molar-refractivity contribution in [2.24, 2.45) is 5.41 Å². The fourth-order valence-electron chi connectivity index (χ4n) is 4.17. The van der Waals surface area contributed by atoms with Gasteiger partial charge in [0, 0.05) is 37.4 Å². The van der Waals surface area contributed by atoms with Crippen LogP contribution in [0, 0.1) is 5.41 Å². The summed E-state index contributed by atoms with van der Waals surface area (Å²) >= 11 is 0. The molecule has 2 atom stereocenters. The number of halogens is 2. The van der Waals surface area contributed by atoms with E-state index in [4.69, 9.17) is 4.74 Å². The van der Waals surface area contributed by atoms with Gasteiger partial charge >= 0.3 is 12.6 Å². The summed E-state index contributed by atoms with van der Waals surface area (Å²) in [5.41, 5.74) is 1.52. The van der Waals surface area contributed by atoms with Crippen LogP contribution in [0.3, 0.4) is 0 Å². The lowest BCUT2D eigenvalue weighted by Crippen LogP contribution is -2.51. The number of carbonyl (C=O) groups is 2. The molecule has 0 bridgehead atoms. The van der Waals surface area contributed by atoms with Crippen molar-refractivity contribution in [2.45, 2.75) is 31.5 Å². The normalized spacial score (nSPS) is 26.2. The molecule has 0 radical (unpaired) electrons. The number of aromatic nitrogens is 3. The number of nitrogens with one attached hydrogen (secondary N) is 2. The Balaban J connectivity index is 1.50. The van der Waals surface area contributed by atoms with Crippen LogP contribution in [-0.2, 0) is 9.53 Å². The van der Waals surface area contributed by atoms with Gasteiger partial charge in [-0.05, 0) is 18.9 Å². The van der Waals surface area contributed by atoms with Gasteiger partial charge in [-0.15, -0.1) is 0 Å². The van der Waals surface area contributed by atoms with E-state index in [9.17, 15) is 18.4 Å². The van der Waals surface area contributed by atoms with E-state index in [1.807, 2.05) is 4.90 Å². The summed E-state index contributed by atoms with van der Waals surface area (Å²) in [6.45, 7) is -1.76. The van der Waals surface area contributed by atoms with Gasteiger partial charge in [0.05, 0.1) is 23.4 Å². The molecule has 2 aromatic heterocycles. The lowest BCUT2D eigenvalue weighted by molar-refractivity contribution is -0.170. The third-order valence-electron chi connectivity index (χ3n) is 5.81. The topological polar surface area (TPSA) is 101 Å². The first-order chi connectivity index (χ1) is 13.4. The van der Waals surface area contributed by atoms with Gasteiger partial charge in [-0.25, -0.2) is 14.3 Å². The first-order valence-electron chi connectivity index (χ1n) is 9.07. The van der Waals surface area contributed by atoms with E-state index in [2.05, 4.69) is 20.7 Å². The summed E-state index contributed by atoms with van der Waals surface area (Å²) in [7, 11) is 0. The van der Waals surface area contributed by atoms with E-state index in [-0.39, 0.29) is 12.0 Å². The fraction of sp³-hybridized carbons (Fsp3) is 0.529. The van der Waals surface area contributed by atoms with Crippen molar-refractivity contribution in [1.82, 2.24) is 25.2 Å². The Morgan fingerprint density at radius 1 is 1.32 bits per heavy atom. The lowest BCUT2D eigenvalue weighted by Gasteiger charge is -2.24. The second kappa shape index (κ2) is 6.09. The Bertz CT molecular complexity index is 960. The Labute approximate surface area is 158 Å². The molecule has 3 fully saturated rings. The van der Waals surface area contributed by atoms with Gasteiger partial charge in [-0.3, -0.25) is 10.1 Å². The number of amides is 3. The second-order valence-corrected chi connectivity index (χ2v) is 7.53. The van der Waals surface area contributed by atoms with Gasteiger partial charge in [-0.2, -0.15) is 13.9 Å². The van der Waals surface area contributed by atoms with Crippen LogP contribution in [0.25, 0.3) is 5.65 Å². The zero-order valence-electron chi connectivity index (χ0n) is 14.8. The first-order valence-corrected chi connectivity index (χ1v) is 9.07. The summed E-state index contributed by atoms with van der Waals surface area (Å²) in [5, 5.41) is 9.28. The molecule has 2 unspecified atom stereocenters. The molecular formula is C17H18F2N6O3. The Morgan fingerprint density at radius 2 is 2.14 bits per heavy atom. The first kappa shape index (κ1) is 17.3. The number of ether oxygens (including phenoxy) is 1. The van der Waals surface area contributed by atoms with E-state index in [1.54, 1.807) is 23.0 Å². The number of hydrogen-bond donors (Lipinski definition) is 2. The molecule has 2 saturated heterocycles. The fourth-order valence-corrected chi connectivity index (χ4v) is 4.17. The summed E-state index contributed by atoms with van der Waals surface area (Å²) in [4.78, 5) is 29.9. The average Bonchev–Trinajstić information content (AvgIpc) is 3.11. The van der Waals surface area contributed by atoms with E-state index in [0.717, 1.165) is 12.8 Å². The lowest BCUT2D eigenvalue weighted by atomic mass is 10.0. The van der Waals surface area contributed by atoms with Crippen LogP contribution >= 0.6 is 0 Å². The minimum Gasteiger partial charge on any atom is -0.365 e. The molecule has 1 aliphatic carbocycles. The van der Waals surface area contributed by atoms with Crippen molar-refractivity contribution >= 4 is 23.3 Å². The molecule has 5 rings (SSSR count). The molecule has 1 saturated carbocycles. The molecule has 0 aromatic carbocycles. The molecule has 2 N–H and O–H groups in total. The number of nitrogens with zero attached hydrogens (tertiary/aromatic N) is 4. The highest BCUT2D eigenvalue weighted by atomic mass is 19.3. The highest BCUT2D eigenvalue weighted by Crippen LogP contribution is 2.55. The predicted octanol–water partition coefficient (Wildman–Crippen LogP) is 0.860. The van der Waals surface area contributed by atoms with Crippen molar-refractivity contribution in [3.05, 3.63) is 24.2 Å². The molecule has 1 spiro atoms.